The van der Waals surface area contributed by atoms with E-state index >= 15 is 0 Å². The summed E-state index contributed by atoms with van der Waals surface area (Å²) in [7, 11) is 1.38. The lowest BCUT2D eigenvalue weighted by Crippen LogP contribution is -2.41. The summed E-state index contributed by atoms with van der Waals surface area (Å²) in [6, 6.07) is 8.32. The van der Waals surface area contributed by atoms with Crippen LogP contribution in [0.2, 0.25) is 0 Å². The fraction of sp³-hybridized carbons (Fsp3) is 0.381. The molecule has 170 valence electrons. The molecule has 1 aliphatic rings. The number of primary amides is 1. The van der Waals surface area contributed by atoms with Crippen LogP contribution in [0.4, 0.5) is 17.2 Å². The quantitative estimate of drug-likeness (QED) is 0.431. The number of anilines is 2. The highest BCUT2D eigenvalue weighted by Crippen LogP contribution is 2.29. The lowest BCUT2D eigenvalue weighted by atomic mass is 9.97. The SMILES string of the molecule is COc1ccc(CSCC(=O)Nc2ccc(N3CCCC(C(N)=O)C3)nc2)cc1[N+](=O)[O-]. The van der Waals surface area contributed by atoms with Crippen molar-refractivity contribution in [2.24, 2.45) is 11.7 Å². The van der Waals surface area contributed by atoms with E-state index in [1.54, 1.807) is 24.4 Å². The predicted octanol–water partition coefficient (Wildman–Crippen LogP) is 2.57. The van der Waals surface area contributed by atoms with E-state index in [-0.39, 0.29) is 34.9 Å². The Labute approximate surface area is 189 Å². The van der Waals surface area contributed by atoms with E-state index in [2.05, 4.69) is 10.3 Å². The highest BCUT2D eigenvalue weighted by Gasteiger charge is 2.24. The van der Waals surface area contributed by atoms with Gasteiger partial charge in [0.25, 0.3) is 0 Å². The molecule has 0 saturated carbocycles. The molecule has 1 fully saturated rings. The highest BCUT2D eigenvalue weighted by molar-refractivity contribution is 7.99. The predicted molar refractivity (Wildman–Crippen MR) is 123 cm³/mol. The summed E-state index contributed by atoms with van der Waals surface area (Å²) in [6.07, 6.45) is 3.25. The summed E-state index contributed by atoms with van der Waals surface area (Å²) >= 11 is 1.35. The molecular formula is C21H25N5O5S. The van der Waals surface area contributed by atoms with Gasteiger partial charge in [-0.25, -0.2) is 4.98 Å². The van der Waals surface area contributed by atoms with Crippen molar-refractivity contribution in [3.8, 4) is 5.75 Å². The van der Waals surface area contributed by atoms with Gasteiger partial charge in [0.05, 0.1) is 35.6 Å². The van der Waals surface area contributed by atoms with Gasteiger partial charge < -0.3 is 20.7 Å². The molecule has 10 nitrogen and oxygen atoms in total. The Morgan fingerprint density at radius 1 is 1.38 bits per heavy atom. The molecular weight excluding hydrogens is 434 g/mol. The first-order valence-electron chi connectivity index (χ1n) is 10.1. The average Bonchev–Trinajstić information content (AvgIpc) is 2.79. The molecule has 2 amide bonds. The van der Waals surface area contributed by atoms with Crippen molar-refractivity contribution in [1.82, 2.24) is 4.98 Å². The first-order chi connectivity index (χ1) is 15.4. The minimum Gasteiger partial charge on any atom is -0.490 e. The molecule has 2 heterocycles. The van der Waals surface area contributed by atoms with Gasteiger partial charge in [0, 0.05) is 24.9 Å². The number of aromatic nitrogens is 1. The molecule has 1 aliphatic heterocycles. The number of nitrogens with two attached hydrogens (primary N) is 1. The third kappa shape index (κ3) is 6.10. The summed E-state index contributed by atoms with van der Waals surface area (Å²) in [6.45, 7) is 1.36. The molecule has 1 atom stereocenters. The van der Waals surface area contributed by atoms with Crippen molar-refractivity contribution >= 4 is 40.8 Å². The molecule has 1 unspecified atom stereocenters. The van der Waals surface area contributed by atoms with Crippen molar-refractivity contribution in [2.75, 3.05) is 36.2 Å². The molecule has 0 bridgehead atoms. The number of ether oxygens (including phenoxy) is 1. The number of thioether (sulfide) groups is 1. The largest absolute Gasteiger partial charge is 0.490 e. The van der Waals surface area contributed by atoms with Gasteiger partial charge in [0.1, 0.15) is 5.82 Å². The zero-order valence-corrected chi connectivity index (χ0v) is 18.5. The molecule has 3 N–H and O–H groups in total. The van der Waals surface area contributed by atoms with E-state index in [4.69, 9.17) is 10.5 Å². The molecule has 0 radical (unpaired) electrons. The monoisotopic (exact) mass is 459 g/mol. The molecule has 11 heteroatoms. The van der Waals surface area contributed by atoms with E-state index in [1.165, 1.54) is 24.9 Å². The van der Waals surface area contributed by atoms with Crippen LogP contribution >= 0.6 is 11.8 Å². The molecule has 1 aromatic heterocycles. The number of amides is 2. The van der Waals surface area contributed by atoms with E-state index < -0.39 is 4.92 Å². The molecule has 0 aliphatic carbocycles. The second kappa shape index (κ2) is 10.8. The smallest absolute Gasteiger partial charge is 0.311 e. The summed E-state index contributed by atoms with van der Waals surface area (Å²) in [5, 5.41) is 13.9. The summed E-state index contributed by atoms with van der Waals surface area (Å²) in [5.74, 6) is 0.921. The van der Waals surface area contributed by atoms with Gasteiger partial charge in [-0.1, -0.05) is 6.07 Å². The Kier molecular flexibility index (Phi) is 7.87. The number of nitrogens with zero attached hydrogens (tertiary/aromatic N) is 3. The van der Waals surface area contributed by atoms with Gasteiger partial charge in [-0.3, -0.25) is 19.7 Å². The van der Waals surface area contributed by atoms with Gasteiger partial charge in [-0.05, 0) is 36.6 Å². The zero-order chi connectivity index (χ0) is 23.1. The van der Waals surface area contributed by atoms with Crippen LogP contribution in [0.1, 0.15) is 18.4 Å². The molecule has 1 aromatic carbocycles. The lowest BCUT2D eigenvalue weighted by Gasteiger charge is -2.32. The number of pyridine rings is 1. The first kappa shape index (κ1) is 23.3. The Morgan fingerprint density at radius 3 is 2.84 bits per heavy atom. The first-order valence-corrected chi connectivity index (χ1v) is 11.2. The van der Waals surface area contributed by atoms with Crippen molar-refractivity contribution in [2.45, 2.75) is 18.6 Å². The molecule has 2 aromatic rings. The van der Waals surface area contributed by atoms with Gasteiger partial charge >= 0.3 is 5.69 Å². The van der Waals surface area contributed by atoms with Crippen molar-refractivity contribution in [3.05, 3.63) is 52.2 Å². The van der Waals surface area contributed by atoms with E-state index in [9.17, 15) is 19.7 Å². The third-order valence-corrected chi connectivity index (χ3v) is 6.12. The maximum atomic E-state index is 12.2. The second-order valence-corrected chi connectivity index (χ2v) is 8.38. The Hall–Kier alpha value is -3.34. The van der Waals surface area contributed by atoms with Crippen LogP contribution in [-0.2, 0) is 15.3 Å². The number of nitro benzene ring substituents is 1. The minimum atomic E-state index is -0.492. The third-order valence-electron chi connectivity index (χ3n) is 5.12. The molecule has 1 saturated heterocycles. The number of hydrogen-bond acceptors (Lipinski definition) is 8. The standard InChI is InChI=1S/C21H25N5O5S/c1-31-18-6-4-14(9-17(18)26(29)30)12-32-13-20(27)24-16-5-7-19(23-10-16)25-8-2-3-15(11-25)21(22)28/h4-7,9-10,15H,2-3,8,11-13H2,1H3,(H2,22,28)(H,24,27). The number of rotatable bonds is 9. The van der Waals surface area contributed by atoms with E-state index in [0.717, 1.165) is 30.8 Å². The van der Waals surface area contributed by atoms with Crippen LogP contribution in [0.15, 0.2) is 36.5 Å². The Bertz CT molecular complexity index is 985. The van der Waals surface area contributed by atoms with Crippen LogP contribution in [0, 0.1) is 16.0 Å². The molecule has 0 spiro atoms. The van der Waals surface area contributed by atoms with Crippen LogP contribution in [-0.4, -0.2) is 47.7 Å². The number of benzene rings is 1. The van der Waals surface area contributed by atoms with Crippen LogP contribution in [0.3, 0.4) is 0 Å². The topological polar surface area (TPSA) is 141 Å². The van der Waals surface area contributed by atoms with Crippen molar-refractivity contribution < 1.29 is 19.2 Å². The van der Waals surface area contributed by atoms with Crippen LogP contribution < -0.4 is 20.7 Å². The Morgan fingerprint density at radius 2 is 2.19 bits per heavy atom. The average molecular weight is 460 g/mol. The summed E-state index contributed by atoms with van der Waals surface area (Å²) in [5.41, 5.74) is 6.63. The maximum absolute atomic E-state index is 12.2. The number of carbonyl (C=O) groups excluding carboxylic acids is 2. The molecule has 32 heavy (non-hydrogen) atoms. The van der Waals surface area contributed by atoms with Crippen molar-refractivity contribution in [1.29, 1.82) is 0 Å². The summed E-state index contributed by atoms with van der Waals surface area (Å²) < 4.78 is 4.99. The zero-order valence-electron chi connectivity index (χ0n) is 17.7. The molecule has 3 rings (SSSR count). The number of carbonyl (C=O) groups is 2. The number of nitrogens with one attached hydrogen (secondary N) is 1. The van der Waals surface area contributed by atoms with Gasteiger partial charge in [-0.15, -0.1) is 11.8 Å². The normalized spacial score (nSPS) is 15.8. The fourth-order valence-corrected chi connectivity index (χ4v) is 4.27. The Balaban J connectivity index is 1.49. The second-order valence-electron chi connectivity index (χ2n) is 7.40. The van der Waals surface area contributed by atoms with Gasteiger partial charge in [0.2, 0.25) is 11.8 Å². The minimum absolute atomic E-state index is 0.0999. The van der Waals surface area contributed by atoms with Gasteiger partial charge in [0.15, 0.2) is 5.75 Å². The van der Waals surface area contributed by atoms with Crippen molar-refractivity contribution in [3.63, 3.8) is 0 Å². The maximum Gasteiger partial charge on any atom is 0.311 e. The highest BCUT2D eigenvalue weighted by atomic mass is 32.2. The van der Waals surface area contributed by atoms with Crippen LogP contribution in [0.5, 0.6) is 5.75 Å². The lowest BCUT2D eigenvalue weighted by molar-refractivity contribution is -0.385. The summed E-state index contributed by atoms with van der Waals surface area (Å²) in [4.78, 5) is 40.7. The number of piperidine rings is 1. The fourth-order valence-electron chi connectivity index (χ4n) is 3.49. The van der Waals surface area contributed by atoms with Gasteiger partial charge in [-0.2, -0.15) is 0 Å². The van der Waals surface area contributed by atoms with E-state index in [0.29, 0.717) is 18.0 Å². The number of nitro groups is 1. The number of methoxy groups -OCH3 is 1. The number of hydrogen-bond donors (Lipinski definition) is 2. The van der Waals surface area contributed by atoms with E-state index in [1.807, 2.05) is 11.0 Å². The van der Waals surface area contributed by atoms with Crippen LogP contribution in [0.25, 0.3) is 0 Å².